The van der Waals surface area contributed by atoms with Gasteiger partial charge in [0.05, 0.1) is 5.60 Å². The van der Waals surface area contributed by atoms with E-state index in [1.165, 1.54) is 31.2 Å². The third-order valence-corrected chi connectivity index (χ3v) is 4.57. The molecule has 0 saturated heterocycles. The van der Waals surface area contributed by atoms with Gasteiger partial charge in [0.1, 0.15) is 0 Å². The van der Waals surface area contributed by atoms with Crippen LogP contribution in [-0.2, 0) is 11.2 Å². The van der Waals surface area contributed by atoms with E-state index in [0.717, 1.165) is 24.6 Å². The monoisotopic (exact) mass is 295 g/mol. The van der Waals surface area contributed by atoms with Crippen LogP contribution in [0.25, 0.3) is 0 Å². The van der Waals surface area contributed by atoms with Crippen LogP contribution in [0, 0.1) is 0 Å². The van der Waals surface area contributed by atoms with Gasteiger partial charge >= 0.3 is 0 Å². The third kappa shape index (κ3) is 3.75. The zero-order valence-electron chi connectivity index (χ0n) is 12.6. The molecule has 1 N–H and O–H groups in total. The molecule has 2 nitrogen and oxygen atoms in total. The summed E-state index contributed by atoms with van der Waals surface area (Å²) in [6, 6.07) is 8.59. The molecule has 1 aliphatic carbocycles. The Morgan fingerprint density at radius 1 is 1.20 bits per heavy atom. The van der Waals surface area contributed by atoms with E-state index in [1.807, 2.05) is 12.1 Å². The van der Waals surface area contributed by atoms with Crippen molar-refractivity contribution in [2.75, 3.05) is 13.2 Å². The van der Waals surface area contributed by atoms with Gasteiger partial charge in [0.15, 0.2) is 0 Å². The van der Waals surface area contributed by atoms with Crippen LogP contribution in [0.3, 0.4) is 0 Å². The topological polar surface area (TPSA) is 21.3 Å². The molecule has 1 fully saturated rings. The standard InChI is InChI=1S/C17H26ClNO/c1-3-19-16(13-14-7-9-15(18)10-8-14)17(20-4-2)11-5-6-12-17/h7-10,16,19H,3-6,11-13H2,1-2H3. The third-order valence-electron chi connectivity index (χ3n) is 4.32. The maximum absolute atomic E-state index is 6.21. The Kier molecular flexibility index (Phi) is 5.88. The van der Waals surface area contributed by atoms with Gasteiger partial charge in [-0.05, 0) is 50.4 Å². The summed E-state index contributed by atoms with van der Waals surface area (Å²) in [4.78, 5) is 0. The van der Waals surface area contributed by atoms with Gasteiger partial charge in [-0.1, -0.05) is 43.5 Å². The summed E-state index contributed by atoms with van der Waals surface area (Å²) in [6.45, 7) is 6.05. The summed E-state index contributed by atoms with van der Waals surface area (Å²) in [5.74, 6) is 0. The predicted molar refractivity (Wildman–Crippen MR) is 85.4 cm³/mol. The van der Waals surface area contributed by atoms with Crippen LogP contribution in [0.2, 0.25) is 5.02 Å². The Morgan fingerprint density at radius 2 is 1.85 bits per heavy atom. The summed E-state index contributed by atoms with van der Waals surface area (Å²) in [6.07, 6.45) is 5.91. The van der Waals surface area contributed by atoms with Gasteiger partial charge in [-0.2, -0.15) is 0 Å². The van der Waals surface area contributed by atoms with Crippen LogP contribution in [0.15, 0.2) is 24.3 Å². The van der Waals surface area contributed by atoms with E-state index in [2.05, 4.69) is 31.3 Å². The van der Waals surface area contributed by atoms with Gasteiger partial charge in [-0.15, -0.1) is 0 Å². The summed E-state index contributed by atoms with van der Waals surface area (Å²) in [5.41, 5.74) is 1.34. The van der Waals surface area contributed by atoms with E-state index in [0.29, 0.717) is 6.04 Å². The van der Waals surface area contributed by atoms with Crippen molar-refractivity contribution >= 4 is 11.6 Å². The highest BCUT2D eigenvalue weighted by Crippen LogP contribution is 2.37. The molecule has 112 valence electrons. The van der Waals surface area contributed by atoms with Crippen molar-refractivity contribution in [3.8, 4) is 0 Å². The van der Waals surface area contributed by atoms with Gasteiger partial charge in [0.25, 0.3) is 0 Å². The van der Waals surface area contributed by atoms with E-state index >= 15 is 0 Å². The smallest absolute Gasteiger partial charge is 0.0837 e. The molecule has 0 aliphatic heterocycles. The summed E-state index contributed by atoms with van der Waals surface area (Å²) in [7, 11) is 0. The fraction of sp³-hybridized carbons (Fsp3) is 0.647. The Morgan fingerprint density at radius 3 is 2.40 bits per heavy atom. The second-order valence-corrected chi connectivity index (χ2v) is 6.08. The quantitative estimate of drug-likeness (QED) is 0.813. The van der Waals surface area contributed by atoms with Gasteiger partial charge in [0, 0.05) is 17.7 Å². The molecule has 0 radical (unpaired) electrons. The summed E-state index contributed by atoms with van der Waals surface area (Å²) in [5, 5.41) is 4.46. The van der Waals surface area contributed by atoms with Crippen molar-refractivity contribution in [3.05, 3.63) is 34.9 Å². The van der Waals surface area contributed by atoms with Crippen LogP contribution in [0.1, 0.15) is 45.1 Å². The molecule has 1 saturated carbocycles. The molecule has 3 heteroatoms. The van der Waals surface area contributed by atoms with Crippen molar-refractivity contribution in [1.82, 2.24) is 5.32 Å². The SMILES string of the molecule is CCNC(Cc1ccc(Cl)cc1)C1(OCC)CCCC1. The number of nitrogens with one attached hydrogen (secondary N) is 1. The molecule has 0 amide bonds. The van der Waals surface area contributed by atoms with E-state index in [4.69, 9.17) is 16.3 Å². The lowest BCUT2D eigenvalue weighted by atomic mass is 9.87. The zero-order valence-corrected chi connectivity index (χ0v) is 13.4. The maximum atomic E-state index is 6.21. The largest absolute Gasteiger partial charge is 0.374 e. The average molecular weight is 296 g/mol. The van der Waals surface area contributed by atoms with Crippen molar-refractivity contribution in [2.45, 2.75) is 57.6 Å². The first-order valence-corrected chi connectivity index (χ1v) is 8.20. The van der Waals surface area contributed by atoms with E-state index in [1.54, 1.807) is 0 Å². The minimum Gasteiger partial charge on any atom is -0.374 e. The minimum atomic E-state index is 0.0183. The molecule has 2 rings (SSSR count). The molecule has 1 aromatic rings. The van der Waals surface area contributed by atoms with Gasteiger partial charge in [-0.25, -0.2) is 0 Å². The molecule has 0 spiro atoms. The molecular formula is C17H26ClNO. The average Bonchev–Trinajstić information content (AvgIpc) is 2.91. The second-order valence-electron chi connectivity index (χ2n) is 5.65. The van der Waals surface area contributed by atoms with E-state index < -0.39 is 0 Å². The molecule has 1 aromatic carbocycles. The first-order chi connectivity index (χ1) is 9.70. The van der Waals surface area contributed by atoms with E-state index in [-0.39, 0.29) is 5.60 Å². The van der Waals surface area contributed by atoms with Crippen LogP contribution in [0.5, 0.6) is 0 Å². The molecule has 1 atom stereocenters. The number of ether oxygens (including phenoxy) is 1. The molecular weight excluding hydrogens is 270 g/mol. The van der Waals surface area contributed by atoms with Gasteiger partial charge in [-0.3, -0.25) is 0 Å². The van der Waals surface area contributed by atoms with Gasteiger partial charge in [0.2, 0.25) is 0 Å². The molecule has 1 unspecified atom stereocenters. The lowest BCUT2D eigenvalue weighted by Crippen LogP contribution is -2.52. The number of halogens is 1. The number of hydrogen-bond acceptors (Lipinski definition) is 2. The lowest BCUT2D eigenvalue weighted by Gasteiger charge is -2.38. The van der Waals surface area contributed by atoms with Crippen molar-refractivity contribution in [3.63, 3.8) is 0 Å². The molecule has 1 aliphatic rings. The summed E-state index contributed by atoms with van der Waals surface area (Å²) >= 11 is 5.97. The van der Waals surface area contributed by atoms with Crippen LogP contribution in [-0.4, -0.2) is 24.8 Å². The van der Waals surface area contributed by atoms with Crippen molar-refractivity contribution < 1.29 is 4.74 Å². The number of likely N-dealkylation sites (N-methyl/N-ethyl adjacent to an activating group) is 1. The molecule has 20 heavy (non-hydrogen) atoms. The number of hydrogen-bond donors (Lipinski definition) is 1. The lowest BCUT2D eigenvalue weighted by molar-refractivity contribution is -0.0609. The van der Waals surface area contributed by atoms with Crippen LogP contribution < -0.4 is 5.32 Å². The molecule has 0 bridgehead atoms. The minimum absolute atomic E-state index is 0.0183. The zero-order chi connectivity index (χ0) is 14.4. The Balaban J connectivity index is 2.14. The highest BCUT2D eigenvalue weighted by atomic mass is 35.5. The fourth-order valence-electron chi connectivity index (χ4n) is 3.40. The van der Waals surface area contributed by atoms with E-state index in [9.17, 15) is 0 Å². The molecule has 0 heterocycles. The summed E-state index contributed by atoms with van der Waals surface area (Å²) < 4.78 is 6.21. The Labute approximate surface area is 127 Å². The van der Waals surface area contributed by atoms with Gasteiger partial charge < -0.3 is 10.1 Å². The Hall–Kier alpha value is -0.570. The van der Waals surface area contributed by atoms with Crippen molar-refractivity contribution in [2.24, 2.45) is 0 Å². The highest BCUT2D eigenvalue weighted by Gasteiger charge is 2.41. The van der Waals surface area contributed by atoms with Crippen LogP contribution >= 0.6 is 11.6 Å². The normalized spacial score (nSPS) is 19.1. The first kappa shape index (κ1) is 15.8. The fourth-order valence-corrected chi connectivity index (χ4v) is 3.53. The number of rotatable bonds is 7. The number of benzene rings is 1. The second kappa shape index (κ2) is 7.44. The predicted octanol–water partition coefficient (Wildman–Crippen LogP) is 4.21. The van der Waals surface area contributed by atoms with Crippen LogP contribution in [0.4, 0.5) is 0 Å². The van der Waals surface area contributed by atoms with Crippen molar-refractivity contribution in [1.29, 1.82) is 0 Å². The Bertz CT molecular complexity index is 398. The first-order valence-electron chi connectivity index (χ1n) is 7.82. The highest BCUT2D eigenvalue weighted by molar-refractivity contribution is 6.30. The molecule has 0 aromatic heterocycles. The maximum Gasteiger partial charge on any atom is 0.0837 e.